The first-order valence-corrected chi connectivity index (χ1v) is 13.4. The minimum Gasteiger partial charge on any atom is -0.383 e. The summed E-state index contributed by atoms with van der Waals surface area (Å²) in [4.78, 5) is 13.4. The molecule has 0 amide bonds. The molecule has 4 heterocycles. The second-order valence-corrected chi connectivity index (χ2v) is 11.1. The molecule has 1 saturated carbocycles. The van der Waals surface area contributed by atoms with Crippen molar-refractivity contribution in [2.45, 2.75) is 44.4 Å². The van der Waals surface area contributed by atoms with Crippen molar-refractivity contribution >= 4 is 21.5 Å². The topological polar surface area (TPSA) is 146 Å². The molecule has 1 fully saturated rings. The smallest absolute Gasteiger partial charge is 0.256 e. The van der Waals surface area contributed by atoms with Crippen LogP contribution in [-0.2, 0) is 17.1 Å². The summed E-state index contributed by atoms with van der Waals surface area (Å²) < 4.78 is 27.8. The van der Waals surface area contributed by atoms with Crippen LogP contribution in [0.25, 0.3) is 22.6 Å². The fourth-order valence-electron chi connectivity index (χ4n) is 3.72. The average molecular weight is 518 g/mol. The lowest BCUT2D eigenvalue weighted by Gasteiger charge is -2.19. The van der Waals surface area contributed by atoms with Crippen molar-refractivity contribution in [2.24, 2.45) is 7.05 Å². The third-order valence-electron chi connectivity index (χ3n) is 6.09. The van der Waals surface area contributed by atoms with Gasteiger partial charge in [-0.1, -0.05) is 18.8 Å². The molecule has 0 saturated heterocycles. The maximum atomic E-state index is 12.6. The van der Waals surface area contributed by atoms with E-state index in [1.807, 2.05) is 13.2 Å². The average Bonchev–Trinajstić information content (AvgIpc) is 3.49. The van der Waals surface area contributed by atoms with Crippen LogP contribution in [0.4, 0.5) is 11.5 Å². The van der Waals surface area contributed by atoms with Gasteiger partial charge in [-0.05, 0) is 32.3 Å². The summed E-state index contributed by atoms with van der Waals surface area (Å²) in [6.45, 7) is 4.15. The van der Waals surface area contributed by atoms with E-state index in [2.05, 4.69) is 51.2 Å². The first-order chi connectivity index (χ1) is 17.8. The second kappa shape index (κ2) is 9.67. The molecule has 190 valence electrons. The van der Waals surface area contributed by atoms with Crippen LogP contribution in [0.3, 0.4) is 0 Å². The Morgan fingerprint density at radius 2 is 1.97 bits per heavy atom. The zero-order valence-corrected chi connectivity index (χ0v) is 21.6. The lowest BCUT2D eigenvalue weighted by molar-refractivity contribution is 0.578. The summed E-state index contributed by atoms with van der Waals surface area (Å²) in [5.41, 5.74) is 10.1. The lowest BCUT2D eigenvalue weighted by atomic mass is 10.0. The van der Waals surface area contributed by atoms with Crippen LogP contribution in [-0.4, -0.2) is 53.6 Å². The number of nitrogens with one attached hydrogen (secondary N) is 1. The maximum absolute atomic E-state index is 12.6. The molecule has 0 bridgehead atoms. The molecule has 0 aliphatic heterocycles. The first kappa shape index (κ1) is 24.5. The fourth-order valence-corrected chi connectivity index (χ4v) is 5.20. The Hall–Kier alpha value is -4.24. The van der Waals surface area contributed by atoms with E-state index in [9.17, 15) is 8.42 Å². The number of anilines is 2. The highest BCUT2D eigenvalue weighted by Crippen LogP contribution is 2.35. The predicted molar refractivity (Wildman–Crippen MR) is 141 cm³/mol. The number of pyridine rings is 1. The number of nitrogens with two attached hydrogens (primary N) is 1. The van der Waals surface area contributed by atoms with Crippen molar-refractivity contribution in [3.8, 4) is 34.5 Å². The number of aromatic nitrogens is 7. The van der Waals surface area contributed by atoms with Gasteiger partial charge in [0.15, 0.2) is 5.82 Å². The highest BCUT2D eigenvalue weighted by atomic mass is 32.2. The molecule has 1 aliphatic rings. The van der Waals surface area contributed by atoms with E-state index in [0.29, 0.717) is 41.1 Å². The molecular weight excluding hydrogens is 490 g/mol. The summed E-state index contributed by atoms with van der Waals surface area (Å²) in [6, 6.07) is 1.87. The number of aryl methyl sites for hydroxylation is 1. The van der Waals surface area contributed by atoms with E-state index in [-0.39, 0.29) is 17.1 Å². The number of nitrogen functional groups attached to an aromatic ring is 1. The molecule has 37 heavy (non-hydrogen) atoms. The van der Waals surface area contributed by atoms with Gasteiger partial charge in [-0.15, -0.1) is 0 Å². The molecule has 4 aromatic heterocycles. The van der Waals surface area contributed by atoms with Crippen molar-refractivity contribution in [3.63, 3.8) is 0 Å². The van der Waals surface area contributed by atoms with Crippen LogP contribution in [0.15, 0.2) is 43.2 Å². The van der Waals surface area contributed by atoms with E-state index in [1.165, 1.54) is 12.4 Å². The van der Waals surface area contributed by atoms with Crippen LogP contribution in [0.5, 0.6) is 0 Å². The predicted octanol–water partition coefficient (Wildman–Crippen LogP) is 2.67. The molecule has 1 aliphatic carbocycles. The monoisotopic (exact) mass is 517 g/mol. The second-order valence-electron chi connectivity index (χ2n) is 9.02. The Bertz CT molecular complexity index is 1620. The van der Waals surface area contributed by atoms with Crippen molar-refractivity contribution in [1.82, 2.24) is 33.9 Å². The molecule has 0 radical (unpaired) electrons. The molecule has 0 spiro atoms. The van der Waals surface area contributed by atoms with Crippen LogP contribution >= 0.6 is 0 Å². The molecule has 0 aromatic carbocycles. The van der Waals surface area contributed by atoms with Gasteiger partial charge in [-0.25, -0.2) is 23.4 Å². The SMILES string of the molecule is CCC(C)Nc1c(C#Cc2cnn(C)c2)cnc(N)c1-c1ccnc(-c2cnn(S(=O)(=O)C3CC3)c2)n1. The molecule has 1 atom stereocenters. The summed E-state index contributed by atoms with van der Waals surface area (Å²) in [5.74, 6) is 6.93. The van der Waals surface area contributed by atoms with Gasteiger partial charge in [0.1, 0.15) is 5.82 Å². The molecule has 5 rings (SSSR count). The van der Waals surface area contributed by atoms with E-state index in [4.69, 9.17) is 10.7 Å². The van der Waals surface area contributed by atoms with Gasteiger partial charge >= 0.3 is 0 Å². The Balaban J connectivity index is 1.58. The van der Waals surface area contributed by atoms with Gasteiger partial charge in [-0.3, -0.25) is 4.68 Å². The van der Waals surface area contributed by atoms with Gasteiger partial charge in [0.2, 0.25) is 0 Å². The maximum Gasteiger partial charge on any atom is 0.256 e. The molecule has 12 heteroatoms. The Morgan fingerprint density at radius 3 is 2.68 bits per heavy atom. The highest BCUT2D eigenvalue weighted by molar-refractivity contribution is 7.90. The van der Waals surface area contributed by atoms with Gasteiger partial charge in [0, 0.05) is 31.7 Å². The van der Waals surface area contributed by atoms with Crippen molar-refractivity contribution in [1.29, 1.82) is 0 Å². The van der Waals surface area contributed by atoms with Crippen LogP contribution < -0.4 is 11.1 Å². The minimum absolute atomic E-state index is 0.131. The zero-order chi connectivity index (χ0) is 26.2. The van der Waals surface area contributed by atoms with Crippen LogP contribution in [0.1, 0.15) is 44.2 Å². The molecule has 3 N–H and O–H groups in total. The van der Waals surface area contributed by atoms with E-state index in [0.717, 1.165) is 21.8 Å². The van der Waals surface area contributed by atoms with Gasteiger partial charge < -0.3 is 11.1 Å². The van der Waals surface area contributed by atoms with Gasteiger partial charge in [-0.2, -0.15) is 14.3 Å². The summed E-state index contributed by atoms with van der Waals surface area (Å²) >= 11 is 0. The zero-order valence-electron chi connectivity index (χ0n) is 20.8. The summed E-state index contributed by atoms with van der Waals surface area (Å²) in [6.07, 6.45) is 11.9. The number of nitrogens with zero attached hydrogens (tertiary/aromatic N) is 7. The van der Waals surface area contributed by atoms with Crippen molar-refractivity contribution in [2.75, 3.05) is 11.1 Å². The largest absolute Gasteiger partial charge is 0.383 e. The minimum atomic E-state index is -3.49. The molecule has 4 aromatic rings. The molecular formula is C25H27N9O2S. The Kier molecular flexibility index (Phi) is 6.39. The number of hydrogen-bond acceptors (Lipinski definition) is 9. The third kappa shape index (κ3) is 5.03. The summed E-state index contributed by atoms with van der Waals surface area (Å²) in [7, 11) is -1.65. The van der Waals surface area contributed by atoms with Crippen LogP contribution in [0.2, 0.25) is 0 Å². The van der Waals surface area contributed by atoms with E-state index in [1.54, 1.807) is 29.3 Å². The highest BCUT2D eigenvalue weighted by Gasteiger charge is 2.37. The van der Waals surface area contributed by atoms with E-state index < -0.39 is 10.0 Å². The first-order valence-electron chi connectivity index (χ1n) is 11.9. The number of hydrogen-bond donors (Lipinski definition) is 2. The number of rotatable bonds is 7. The third-order valence-corrected chi connectivity index (χ3v) is 8.13. The van der Waals surface area contributed by atoms with Crippen molar-refractivity contribution < 1.29 is 8.42 Å². The van der Waals surface area contributed by atoms with E-state index >= 15 is 0 Å². The summed E-state index contributed by atoms with van der Waals surface area (Å²) in [5, 5.41) is 11.4. The lowest BCUT2D eigenvalue weighted by Crippen LogP contribution is -2.17. The van der Waals surface area contributed by atoms with Crippen molar-refractivity contribution in [3.05, 3.63) is 54.4 Å². The quantitative estimate of drug-likeness (QED) is 0.353. The Morgan fingerprint density at radius 1 is 1.16 bits per heavy atom. The normalized spacial score (nSPS) is 14.1. The van der Waals surface area contributed by atoms with Crippen LogP contribution in [0, 0.1) is 11.8 Å². The van der Waals surface area contributed by atoms with Gasteiger partial charge in [0.05, 0.1) is 57.5 Å². The Labute approximate surface area is 215 Å². The molecule has 1 unspecified atom stereocenters. The standard InChI is InChI=1S/C25H27N9O2S/c1-4-16(2)31-23-18(6-5-17-11-29-33(3)14-17)12-28-24(26)22(23)21-9-10-27-25(32-21)19-13-30-34(15-19)37(35,36)20-7-8-20/h9-16,20H,4,7-8H2,1-3H3,(H3,26,28,31). The van der Waals surface area contributed by atoms with Gasteiger partial charge in [0.25, 0.3) is 10.0 Å². The molecule has 11 nitrogen and oxygen atoms in total. The fraction of sp³-hybridized carbons (Fsp3) is 0.320.